The Bertz CT molecular complexity index is 1150. The van der Waals surface area contributed by atoms with Crippen molar-refractivity contribution in [1.82, 2.24) is 9.97 Å². The fraction of sp³-hybridized carbons (Fsp3) is 0.0800. The first-order valence-electron chi connectivity index (χ1n) is 9.71. The number of aryl methyl sites for hydroxylation is 2. The van der Waals surface area contributed by atoms with Gasteiger partial charge in [0.25, 0.3) is 5.91 Å². The van der Waals surface area contributed by atoms with E-state index >= 15 is 0 Å². The molecule has 4 rings (SSSR count). The Balaban J connectivity index is 1.44. The number of anilines is 3. The van der Waals surface area contributed by atoms with Gasteiger partial charge >= 0.3 is 0 Å². The molecule has 148 valence electrons. The Morgan fingerprint density at radius 2 is 1.33 bits per heavy atom. The number of amides is 1. The lowest BCUT2D eigenvalue weighted by molar-refractivity contribution is 0.102. The van der Waals surface area contributed by atoms with Crippen molar-refractivity contribution in [3.63, 3.8) is 0 Å². The molecular formula is C25H22N4O. The van der Waals surface area contributed by atoms with E-state index in [-0.39, 0.29) is 5.91 Å². The number of hydrogen-bond acceptors (Lipinski definition) is 4. The van der Waals surface area contributed by atoms with Gasteiger partial charge in [0, 0.05) is 28.6 Å². The monoisotopic (exact) mass is 394 g/mol. The van der Waals surface area contributed by atoms with E-state index in [4.69, 9.17) is 0 Å². The summed E-state index contributed by atoms with van der Waals surface area (Å²) in [6.07, 6.45) is 1.54. The van der Waals surface area contributed by atoms with Crippen LogP contribution < -0.4 is 10.6 Å². The maximum Gasteiger partial charge on any atom is 0.255 e. The molecule has 0 unspecified atom stereocenters. The minimum Gasteiger partial charge on any atom is -0.340 e. The van der Waals surface area contributed by atoms with Gasteiger partial charge in [0.05, 0.1) is 5.69 Å². The van der Waals surface area contributed by atoms with Crippen LogP contribution in [0.4, 0.5) is 17.2 Å². The van der Waals surface area contributed by atoms with E-state index in [0.717, 1.165) is 28.2 Å². The van der Waals surface area contributed by atoms with Gasteiger partial charge in [-0.2, -0.15) is 0 Å². The van der Waals surface area contributed by atoms with Gasteiger partial charge in [-0.1, -0.05) is 47.5 Å². The van der Waals surface area contributed by atoms with Gasteiger partial charge in [-0.25, -0.2) is 9.97 Å². The van der Waals surface area contributed by atoms with Crippen molar-refractivity contribution in [3.8, 4) is 11.3 Å². The fourth-order valence-electron chi connectivity index (χ4n) is 3.00. The Labute approximate surface area is 175 Å². The largest absolute Gasteiger partial charge is 0.340 e. The summed E-state index contributed by atoms with van der Waals surface area (Å²) in [4.78, 5) is 21.1. The summed E-state index contributed by atoms with van der Waals surface area (Å²) in [5.41, 5.74) is 6.45. The van der Waals surface area contributed by atoms with Crippen molar-refractivity contribution in [3.05, 3.63) is 102 Å². The summed E-state index contributed by atoms with van der Waals surface area (Å²) < 4.78 is 0. The van der Waals surface area contributed by atoms with Crippen molar-refractivity contribution < 1.29 is 4.79 Å². The molecule has 0 saturated carbocycles. The van der Waals surface area contributed by atoms with E-state index < -0.39 is 0 Å². The number of rotatable bonds is 5. The lowest BCUT2D eigenvalue weighted by Crippen LogP contribution is -2.11. The normalized spacial score (nSPS) is 10.5. The van der Waals surface area contributed by atoms with E-state index in [2.05, 4.69) is 39.7 Å². The second kappa shape index (κ2) is 8.57. The molecule has 2 N–H and O–H groups in total. The first-order chi connectivity index (χ1) is 14.6. The molecule has 0 saturated heterocycles. The summed E-state index contributed by atoms with van der Waals surface area (Å²) >= 11 is 0. The maximum absolute atomic E-state index is 12.4. The second-order valence-electron chi connectivity index (χ2n) is 7.18. The molecular weight excluding hydrogens is 372 g/mol. The van der Waals surface area contributed by atoms with Crippen LogP contribution in [0.3, 0.4) is 0 Å². The highest BCUT2D eigenvalue weighted by Gasteiger charge is 2.07. The van der Waals surface area contributed by atoms with Crippen LogP contribution in [0.1, 0.15) is 21.5 Å². The van der Waals surface area contributed by atoms with Crippen molar-refractivity contribution in [2.24, 2.45) is 0 Å². The van der Waals surface area contributed by atoms with Crippen LogP contribution in [0.2, 0.25) is 0 Å². The number of nitrogens with one attached hydrogen (secondary N) is 2. The van der Waals surface area contributed by atoms with Crippen molar-refractivity contribution in [1.29, 1.82) is 0 Å². The molecule has 0 aliphatic carbocycles. The number of nitrogens with zero attached hydrogens (tertiary/aromatic N) is 2. The van der Waals surface area contributed by atoms with Crippen molar-refractivity contribution in [2.75, 3.05) is 10.6 Å². The lowest BCUT2D eigenvalue weighted by atomic mass is 10.1. The van der Waals surface area contributed by atoms with Gasteiger partial charge in [0.2, 0.25) is 0 Å². The number of hydrogen-bond donors (Lipinski definition) is 2. The molecule has 0 fully saturated rings. The fourth-order valence-corrected chi connectivity index (χ4v) is 3.00. The van der Waals surface area contributed by atoms with E-state index in [0.29, 0.717) is 11.4 Å². The molecule has 0 radical (unpaired) electrons. The number of benzene rings is 3. The summed E-state index contributed by atoms with van der Waals surface area (Å²) in [6, 6.07) is 25.1. The zero-order valence-electron chi connectivity index (χ0n) is 16.9. The number of carbonyl (C=O) groups excluding carboxylic acids is 1. The Morgan fingerprint density at radius 1 is 0.733 bits per heavy atom. The summed E-state index contributed by atoms with van der Waals surface area (Å²) in [5.74, 6) is 0.548. The molecule has 30 heavy (non-hydrogen) atoms. The summed E-state index contributed by atoms with van der Waals surface area (Å²) in [7, 11) is 0. The van der Waals surface area contributed by atoms with E-state index in [1.54, 1.807) is 18.5 Å². The van der Waals surface area contributed by atoms with Crippen LogP contribution in [0.5, 0.6) is 0 Å². The van der Waals surface area contributed by atoms with Crippen LogP contribution in [-0.2, 0) is 0 Å². The Kier molecular flexibility index (Phi) is 5.52. The summed E-state index contributed by atoms with van der Waals surface area (Å²) in [5, 5.41) is 6.17. The average molecular weight is 394 g/mol. The first-order valence-corrected chi connectivity index (χ1v) is 9.71. The molecule has 0 bridgehead atoms. The van der Waals surface area contributed by atoms with E-state index in [9.17, 15) is 4.79 Å². The predicted molar refractivity (Wildman–Crippen MR) is 121 cm³/mol. The van der Waals surface area contributed by atoms with Crippen LogP contribution in [0.15, 0.2) is 85.2 Å². The topological polar surface area (TPSA) is 66.9 Å². The number of carbonyl (C=O) groups is 1. The third-order valence-corrected chi connectivity index (χ3v) is 4.74. The quantitative estimate of drug-likeness (QED) is 0.452. The van der Waals surface area contributed by atoms with Crippen LogP contribution in [0.25, 0.3) is 11.3 Å². The molecule has 0 aliphatic heterocycles. The third kappa shape index (κ3) is 4.70. The molecule has 1 heterocycles. The summed E-state index contributed by atoms with van der Waals surface area (Å²) in [6.45, 7) is 4.07. The zero-order valence-corrected chi connectivity index (χ0v) is 16.9. The molecule has 5 heteroatoms. The van der Waals surface area contributed by atoms with Gasteiger partial charge in [-0.3, -0.25) is 4.79 Å². The highest BCUT2D eigenvalue weighted by molar-refractivity contribution is 6.04. The van der Waals surface area contributed by atoms with Crippen LogP contribution >= 0.6 is 0 Å². The van der Waals surface area contributed by atoms with Crippen molar-refractivity contribution in [2.45, 2.75) is 13.8 Å². The van der Waals surface area contributed by atoms with E-state index in [1.165, 1.54) is 5.56 Å². The molecule has 0 spiro atoms. The lowest BCUT2D eigenvalue weighted by Gasteiger charge is -2.09. The molecule has 0 atom stereocenters. The molecule has 4 aromatic rings. The van der Waals surface area contributed by atoms with Gasteiger partial charge in [-0.15, -0.1) is 0 Å². The van der Waals surface area contributed by atoms with Crippen LogP contribution in [-0.4, -0.2) is 15.9 Å². The molecule has 0 aliphatic rings. The highest BCUT2D eigenvalue weighted by Crippen LogP contribution is 2.22. The smallest absolute Gasteiger partial charge is 0.255 e. The van der Waals surface area contributed by atoms with Crippen LogP contribution in [0, 0.1) is 13.8 Å². The van der Waals surface area contributed by atoms with Gasteiger partial charge < -0.3 is 10.6 Å². The Morgan fingerprint density at radius 3 is 2.00 bits per heavy atom. The predicted octanol–water partition coefficient (Wildman–Crippen LogP) is 5.76. The standard InChI is InChI=1S/C25H22N4O/c1-17-3-7-19(8-4-17)23-15-24(27-16-26-23)28-21-13-9-20(10-14-21)25(30)29-22-11-5-18(2)6-12-22/h3-16H,1-2H3,(H,29,30)(H,26,27,28). The highest BCUT2D eigenvalue weighted by atomic mass is 16.1. The van der Waals surface area contributed by atoms with Gasteiger partial charge in [0.1, 0.15) is 12.1 Å². The van der Waals surface area contributed by atoms with Crippen molar-refractivity contribution >= 4 is 23.1 Å². The van der Waals surface area contributed by atoms with Gasteiger partial charge in [-0.05, 0) is 50.2 Å². The molecule has 3 aromatic carbocycles. The SMILES string of the molecule is Cc1ccc(NC(=O)c2ccc(Nc3cc(-c4ccc(C)cc4)ncn3)cc2)cc1. The Hall–Kier alpha value is -3.99. The third-order valence-electron chi connectivity index (χ3n) is 4.74. The first kappa shape index (κ1) is 19.3. The minimum atomic E-state index is -0.144. The number of aromatic nitrogens is 2. The molecule has 1 aromatic heterocycles. The molecule has 1 amide bonds. The maximum atomic E-state index is 12.4. The van der Waals surface area contributed by atoms with Gasteiger partial charge in [0.15, 0.2) is 0 Å². The molecule has 5 nitrogen and oxygen atoms in total. The second-order valence-corrected chi connectivity index (χ2v) is 7.18. The minimum absolute atomic E-state index is 0.144. The van der Waals surface area contributed by atoms with E-state index in [1.807, 2.05) is 61.5 Å². The average Bonchev–Trinajstić information content (AvgIpc) is 2.76. The zero-order chi connectivity index (χ0) is 20.9.